The van der Waals surface area contributed by atoms with E-state index in [1.54, 1.807) is 22.7 Å². The van der Waals surface area contributed by atoms with Gasteiger partial charge in [0.25, 0.3) is 0 Å². The largest absolute Gasteiger partial charge is 0.378 e. The first-order valence-electron chi connectivity index (χ1n) is 6.17. The highest BCUT2D eigenvalue weighted by atomic mass is 32.1. The summed E-state index contributed by atoms with van der Waals surface area (Å²) in [4.78, 5) is 19.7. The van der Waals surface area contributed by atoms with Gasteiger partial charge in [-0.1, -0.05) is 6.07 Å². The van der Waals surface area contributed by atoms with E-state index in [2.05, 4.69) is 11.1 Å². The van der Waals surface area contributed by atoms with Crippen molar-refractivity contribution in [1.29, 1.82) is 0 Å². The average molecular weight is 294 g/mol. The van der Waals surface area contributed by atoms with Gasteiger partial charge in [-0.3, -0.25) is 4.79 Å². The van der Waals surface area contributed by atoms with Gasteiger partial charge in [-0.15, -0.1) is 22.7 Å². The summed E-state index contributed by atoms with van der Waals surface area (Å²) < 4.78 is 5.25. The second-order valence-electron chi connectivity index (χ2n) is 4.29. The van der Waals surface area contributed by atoms with Crippen molar-refractivity contribution < 1.29 is 9.53 Å². The molecule has 19 heavy (non-hydrogen) atoms. The Morgan fingerprint density at radius 1 is 1.37 bits per heavy atom. The van der Waals surface area contributed by atoms with Crippen LogP contribution in [0.1, 0.15) is 5.69 Å². The van der Waals surface area contributed by atoms with E-state index in [4.69, 9.17) is 4.74 Å². The lowest BCUT2D eigenvalue weighted by molar-refractivity contribution is -0.134. The molecule has 0 aromatic carbocycles. The lowest BCUT2D eigenvalue weighted by Crippen LogP contribution is -2.41. The number of rotatable bonds is 3. The van der Waals surface area contributed by atoms with Crippen LogP contribution in [0.25, 0.3) is 9.88 Å². The molecule has 0 radical (unpaired) electrons. The van der Waals surface area contributed by atoms with E-state index in [1.807, 2.05) is 21.7 Å². The predicted molar refractivity (Wildman–Crippen MR) is 76.5 cm³/mol. The zero-order valence-corrected chi connectivity index (χ0v) is 12.0. The number of nitrogens with zero attached hydrogens (tertiary/aromatic N) is 2. The van der Waals surface area contributed by atoms with Crippen LogP contribution in [-0.4, -0.2) is 42.1 Å². The minimum atomic E-state index is 0.145. The molecule has 0 aliphatic carbocycles. The molecular formula is C13H14N2O2S2. The van der Waals surface area contributed by atoms with Gasteiger partial charge in [-0.05, 0) is 11.4 Å². The maximum atomic E-state index is 12.1. The molecule has 1 amide bonds. The third kappa shape index (κ3) is 3.02. The number of ether oxygens (including phenoxy) is 1. The third-order valence-corrected chi connectivity index (χ3v) is 4.91. The van der Waals surface area contributed by atoms with E-state index in [0.29, 0.717) is 32.7 Å². The average Bonchev–Trinajstić information content (AvgIpc) is 3.10. The van der Waals surface area contributed by atoms with Crippen molar-refractivity contribution in [1.82, 2.24) is 9.88 Å². The molecule has 0 atom stereocenters. The fraction of sp³-hybridized carbons (Fsp3) is 0.385. The first kappa shape index (κ1) is 12.8. The molecule has 0 bridgehead atoms. The number of thiazole rings is 1. The number of amides is 1. The number of hydrogen-bond acceptors (Lipinski definition) is 5. The molecule has 0 N–H and O–H groups in total. The normalized spacial score (nSPS) is 15.7. The van der Waals surface area contributed by atoms with Crippen LogP contribution < -0.4 is 0 Å². The molecule has 0 saturated carbocycles. The van der Waals surface area contributed by atoms with Gasteiger partial charge in [0.15, 0.2) is 0 Å². The molecule has 100 valence electrons. The molecule has 1 aliphatic rings. The maximum absolute atomic E-state index is 12.1. The molecule has 2 aromatic rings. The van der Waals surface area contributed by atoms with Crippen molar-refractivity contribution in [2.24, 2.45) is 0 Å². The molecule has 4 nitrogen and oxygen atoms in total. The maximum Gasteiger partial charge on any atom is 0.228 e. The van der Waals surface area contributed by atoms with Gasteiger partial charge in [0.2, 0.25) is 5.91 Å². The van der Waals surface area contributed by atoms with E-state index >= 15 is 0 Å². The topological polar surface area (TPSA) is 42.4 Å². The molecule has 1 saturated heterocycles. The smallest absolute Gasteiger partial charge is 0.228 e. The molecule has 1 fully saturated rings. The van der Waals surface area contributed by atoms with Gasteiger partial charge in [-0.25, -0.2) is 4.98 Å². The van der Waals surface area contributed by atoms with Gasteiger partial charge in [0.05, 0.1) is 30.2 Å². The molecule has 3 heterocycles. The van der Waals surface area contributed by atoms with Gasteiger partial charge in [0, 0.05) is 18.5 Å². The molecule has 0 unspecified atom stereocenters. The minimum absolute atomic E-state index is 0.145. The summed E-state index contributed by atoms with van der Waals surface area (Å²) in [7, 11) is 0. The van der Waals surface area contributed by atoms with E-state index < -0.39 is 0 Å². The standard InChI is InChI=1S/C13H14N2O2S2/c16-12(15-3-5-17-6-4-15)8-10-9-19-13(14-10)11-2-1-7-18-11/h1-2,7,9H,3-6,8H2. The summed E-state index contributed by atoms with van der Waals surface area (Å²) in [6, 6.07) is 4.07. The SMILES string of the molecule is O=C(Cc1csc(-c2cccs2)n1)N1CCOCC1. The Kier molecular flexibility index (Phi) is 3.91. The number of carbonyl (C=O) groups excluding carboxylic acids is 1. The highest BCUT2D eigenvalue weighted by molar-refractivity contribution is 7.20. The third-order valence-electron chi connectivity index (χ3n) is 2.98. The summed E-state index contributed by atoms with van der Waals surface area (Å²) in [5.41, 5.74) is 0.866. The van der Waals surface area contributed by atoms with Crippen molar-refractivity contribution >= 4 is 28.6 Å². The van der Waals surface area contributed by atoms with E-state index in [-0.39, 0.29) is 5.91 Å². The Labute approximate surface area is 119 Å². The second kappa shape index (κ2) is 5.81. The Hall–Kier alpha value is -1.24. The first-order valence-corrected chi connectivity index (χ1v) is 7.92. The van der Waals surface area contributed by atoms with Gasteiger partial charge in [0.1, 0.15) is 5.01 Å². The monoisotopic (exact) mass is 294 g/mol. The van der Waals surface area contributed by atoms with Gasteiger partial charge < -0.3 is 9.64 Å². The number of morpholine rings is 1. The van der Waals surface area contributed by atoms with Crippen LogP contribution >= 0.6 is 22.7 Å². The summed E-state index contributed by atoms with van der Waals surface area (Å²) in [6.07, 6.45) is 0.391. The lowest BCUT2D eigenvalue weighted by atomic mass is 10.3. The lowest BCUT2D eigenvalue weighted by Gasteiger charge is -2.26. The van der Waals surface area contributed by atoms with E-state index in [0.717, 1.165) is 15.6 Å². The molecule has 1 aliphatic heterocycles. The van der Waals surface area contributed by atoms with Gasteiger partial charge >= 0.3 is 0 Å². The molecule has 2 aromatic heterocycles. The number of thiophene rings is 1. The zero-order chi connectivity index (χ0) is 13.1. The number of aromatic nitrogens is 1. The molecular weight excluding hydrogens is 280 g/mol. The summed E-state index contributed by atoms with van der Waals surface area (Å²) in [5, 5.41) is 5.02. The quantitative estimate of drug-likeness (QED) is 0.872. The highest BCUT2D eigenvalue weighted by Crippen LogP contribution is 2.27. The number of carbonyl (C=O) groups is 1. The summed E-state index contributed by atoms with van der Waals surface area (Å²) in [6.45, 7) is 2.67. The Bertz CT molecular complexity index is 545. The zero-order valence-electron chi connectivity index (χ0n) is 10.4. The fourth-order valence-corrected chi connectivity index (χ4v) is 3.61. The van der Waals surface area contributed by atoms with Crippen LogP contribution in [0.2, 0.25) is 0 Å². The van der Waals surface area contributed by atoms with Crippen LogP contribution in [-0.2, 0) is 16.0 Å². The van der Waals surface area contributed by atoms with Gasteiger partial charge in [-0.2, -0.15) is 0 Å². The number of hydrogen-bond donors (Lipinski definition) is 0. The Morgan fingerprint density at radius 2 is 2.21 bits per heavy atom. The van der Waals surface area contributed by atoms with Crippen molar-refractivity contribution in [2.45, 2.75) is 6.42 Å². The van der Waals surface area contributed by atoms with Crippen molar-refractivity contribution in [3.05, 3.63) is 28.6 Å². The fourth-order valence-electron chi connectivity index (χ4n) is 1.98. The summed E-state index contributed by atoms with van der Waals surface area (Å²) in [5.74, 6) is 0.145. The molecule has 0 spiro atoms. The Balaban J connectivity index is 1.65. The van der Waals surface area contributed by atoms with E-state index in [1.165, 1.54) is 0 Å². The summed E-state index contributed by atoms with van der Waals surface area (Å²) >= 11 is 3.27. The second-order valence-corrected chi connectivity index (χ2v) is 6.10. The van der Waals surface area contributed by atoms with Crippen LogP contribution in [0.5, 0.6) is 0 Å². The Morgan fingerprint density at radius 3 is 2.95 bits per heavy atom. The van der Waals surface area contributed by atoms with E-state index in [9.17, 15) is 4.79 Å². The minimum Gasteiger partial charge on any atom is -0.378 e. The van der Waals surface area contributed by atoms with Crippen molar-refractivity contribution in [3.63, 3.8) is 0 Å². The molecule has 3 rings (SSSR count). The molecule has 6 heteroatoms. The highest BCUT2D eigenvalue weighted by Gasteiger charge is 2.18. The van der Waals surface area contributed by atoms with Crippen molar-refractivity contribution in [2.75, 3.05) is 26.3 Å². The van der Waals surface area contributed by atoms with Crippen LogP contribution in [0.4, 0.5) is 0 Å². The van der Waals surface area contributed by atoms with Crippen molar-refractivity contribution in [3.8, 4) is 9.88 Å². The van der Waals surface area contributed by atoms with Crippen LogP contribution in [0.3, 0.4) is 0 Å². The van der Waals surface area contributed by atoms with Crippen LogP contribution in [0.15, 0.2) is 22.9 Å². The van der Waals surface area contributed by atoms with Crippen LogP contribution in [0, 0.1) is 0 Å². The first-order chi connectivity index (χ1) is 9.33. The predicted octanol–water partition coefficient (Wildman–Crippen LogP) is 2.27.